The molecule has 3 aromatic rings. The van der Waals surface area contributed by atoms with E-state index >= 15 is 0 Å². The predicted molar refractivity (Wildman–Crippen MR) is 97.4 cm³/mol. The Morgan fingerprint density at radius 1 is 1.00 bits per heavy atom. The lowest BCUT2D eigenvalue weighted by Crippen LogP contribution is -2.31. The van der Waals surface area contributed by atoms with Crippen LogP contribution < -0.4 is 4.90 Å². The van der Waals surface area contributed by atoms with Crippen LogP contribution in [0.4, 0.5) is 18.9 Å². The normalized spacial score (nSPS) is 11.3. The quantitative estimate of drug-likeness (QED) is 0.628. The van der Waals surface area contributed by atoms with Crippen LogP contribution in [0.2, 0.25) is 0 Å². The maximum atomic E-state index is 13.1. The Morgan fingerprint density at radius 3 is 2.26 bits per heavy atom. The van der Waals surface area contributed by atoms with Gasteiger partial charge in [0, 0.05) is 23.6 Å². The molecule has 6 heteroatoms. The number of amides is 1. The molecule has 1 aromatic heterocycles. The molecule has 0 aliphatic heterocycles. The van der Waals surface area contributed by atoms with Gasteiger partial charge < -0.3 is 4.90 Å². The van der Waals surface area contributed by atoms with E-state index in [4.69, 9.17) is 0 Å². The van der Waals surface area contributed by atoms with E-state index in [9.17, 15) is 18.0 Å². The van der Waals surface area contributed by atoms with E-state index in [1.54, 1.807) is 19.2 Å². The summed E-state index contributed by atoms with van der Waals surface area (Å²) in [6.45, 7) is 2.01. The molecule has 0 saturated heterocycles. The maximum absolute atomic E-state index is 13.1. The molecule has 138 valence electrons. The second-order valence-electron chi connectivity index (χ2n) is 6.11. The Hall–Kier alpha value is -3.15. The first-order chi connectivity index (χ1) is 12.9. The lowest BCUT2D eigenvalue weighted by atomic mass is 10.1. The smallest absolute Gasteiger partial charge is 0.304 e. The van der Waals surface area contributed by atoms with Gasteiger partial charge in [-0.3, -0.25) is 9.78 Å². The van der Waals surface area contributed by atoms with Crippen molar-refractivity contribution in [3.63, 3.8) is 0 Å². The van der Waals surface area contributed by atoms with Gasteiger partial charge in [-0.05, 0) is 48.4 Å². The monoisotopic (exact) mass is 370 g/mol. The zero-order chi connectivity index (χ0) is 19.4. The maximum Gasteiger partial charge on any atom is 0.416 e. The summed E-state index contributed by atoms with van der Waals surface area (Å²) in [6.07, 6.45) is -1.32. The molecule has 0 atom stereocenters. The standard InChI is InChI=1S/C21H17F3N2O/c1-15-13-25-12-11-19(15)20(27)26(14-16-5-3-2-4-6-16)18-9-7-17(8-10-18)21(22,23)24/h2-13H,14H2,1H3. The largest absolute Gasteiger partial charge is 0.416 e. The highest BCUT2D eigenvalue weighted by atomic mass is 19.4. The van der Waals surface area contributed by atoms with E-state index in [1.807, 2.05) is 30.3 Å². The van der Waals surface area contributed by atoms with E-state index in [0.717, 1.165) is 17.7 Å². The average Bonchev–Trinajstić information content (AvgIpc) is 2.66. The zero-order valence-electron chi connectivity index (χ0n) is 14.6. The highest BCUT2D eigenvalue weighted by Crippen LogP contribution is 2.31. The molecule has 0 saturated carbocycles. The molecule has 1 heterocycles. The van der Waals surface area contributed by atoms with Gasteiger partial charge in [0.25, 0.3) is 5.91 Å². The highest BCUT2D eigenvalue weighted by molar-refractivity contribution is 6.06. The molecule has 0 fully saturated rings. The first kappa shape index (κ1) is 18.6. The molecule has 0 aliphatic rings. The number of alkyl halides is 3. The van der Waals surface area contributed by atoms with Crippen molar-refractivity contribution in [3.8, 4) is 0 Å². The first-order valence-corrected chi connectivity index (χ1v) is 8.30. The fourth-order valence-corrected chi connectivity index (χ4v) is 2.74. The summed E-state index contributed by atoms with van der Waals surface area (Å²) >= 11 is 0. The van der Waals surface area contributed by atoms with Crippen molar-refractivity contribution in [1.82, 2.24) is 4.98 Å². The molecule has 0 spiro atoms. The number of anilines is 1. The molecule has 27 heavy (non-hydrogen) atoms. The highest BCUT2D eigenvalue weighted by Gasteiger charge is 2.30. The number of nitrogens with zero attached hydrogens (tertiary/aromatic N) is 2. The fraction of sp³-hybridized carbons (Fsp3) is 0.143. The summed E-state index contributed by atoms with van der Waals surface area (Å²) in [6, 6.07) is 15.5. The van der Waals surface area contributed by atoms with Crippen molar-refractivity contribution in [1.29, 1.82) is 0 Å². The first-order valence-electron chi connectivity index (χ1n) is 8.30. The van der Waals surface area contributed by atoms with Crippen LogP contribution in [0.1, 0.15) is 27.0 Å². The van der Waals surface area contributed by atoms with E-state index < -0.39 is 11.7 Å². The van der Waals surface area contributed by atoms with Gasteiger partial charge in [0.1, 0.15) is 0 Å². The third-order valence-electron chi connectivity index (χ3n) is 4.19. The van der Waals surface area contributed by atoms with Gasteiger partial charge in [-0.25, -0.2) is 0 Å². The number of carbonyl (C=O) groups is 1. The summed E-state index contributed by atoms with van der Waals surface area (Å²) in [5.41, 5.74) is 1.68. The number of hydrogen-bond acceptors (Lipinski definition) is 2. The zero-order valence-corrected chi connectivity index (χ0v) is 14.6. The van der Waals surface area contributed by atoms with Gasteiger partial charge >= 0.3 is 6.18 Å². The number of aromatic nitrogens is 1. The minimum Gasteiger partial charge on any atom is -0.304 e. The van der Waals surface area contributed by atoms with Gasteiger partial charge in [0.05, 0.1) is 12.1 Å². The minimum absolute atomic E-state index is 0.243. The molecule has 3 nitrogen and oxygen atoms in total. The Morgan fingerprint density at radius 2 is 1.67 bits per heavy atom. The number of hydrogen-bond donors (Lipinski definition) is 0. The van der Waals surface area contributed by atoms with Gasteiger partial charge in [-0.1, -0.05) is 30.3 Å². The van der Waals surface area contributed by atoms with Gasteiger partial charge in [0.2, 0.25) is 0 Å². The summed E-state index contributed by atoms with van der Waals surface area (Å²) < 4.78 is 38.6. The van der Waals surface area contributed by atoms with E-state index in [-0.39, 0.29) is 12.5 Å². The molecule has 1 amide bonds. The van der Waals surface area contributed by atoms with Crippen LogP contribution in [0.5, 0.6) is 0 Å². The number of rotatable bonds is 4. The van der Waals surface area contributed by atoms with Crippen LogP contribution >= 0.6 is 0 Å². The van der Waals surface area contributed by atoms with Gasteiger partial charge in [-0.15, -0.1) is 0 Å². The number of aryl methyl sites for hydroxylation is 1. The number of pyridine rings is 1. The second kappa shape index (κ2) is 7.61. The molecule has 0 N–H and O–H groups in total. The van der Waals surface area contributed by atoms with Crippen molar-refractivity contribution in [2.45, 2.75) is 19.6 Å². The van der Waals surface area contributed by atoms with Gasteiger partial charge in [-0.2, -0.15) is 13.2 Å². The lowest BCUT2D eigenvalue weighted by molar-refractivity contribution is -0.137. The van der Waals surface area contributed by atoms with Crippen molar-refractivity contribution in [2.75, 3.05) is 4.90 Å². The predicted octanol–water partition coefficient (Wildman–Crippen LogP) is 5.26. The SMILES string of the molecule is Cc1cnccc1C(=O)N(Cc1ccccc1)c1ccc(C(F)(F)F)cc1. The lowest BCUT2D eigenvalue weighted by Gasteiger charge is -2.24. The summed E-state index contributed by atoms with van der Waals surface area (Å²) in [7, 11) is 0. The Balaban J connectivity index is 1.99. The van der Waals surface area contributed by atoms with Crippen molar-refractivity contribution >= 4 is 11.6 Å². The number of benzene rings is 2. The third kappa shape index (κ3) is 4.34. The Kier molecular flexibility index (Phi) is 5.26. The van der Waals surface area contributed by atoms with E-state index in [2.05, 4.69) is 4.98 Å². The number of halogens is 3. The third-order valence-corrected chi connectivity index (χ3v) is 4.19. The molecule has 0 unspecified atom stereocenters. The molecular weight excluding hydrogens is 353 g/mol. The molecular formula is C21H17F3N2O. The molecule has 0 aliphatic carbocycles. The topological polar surface area (TPSA) is 33.2 Å². The van der Waals surface area contributed by atoms with Crippen LogP contribution in [0.3, 0.4) is 0 Å². The Bertz CT molecular complexity index is 922. The second-order valence-corrected chi connectivity index (χ2v) is 6.11. The molecule has 3 rings (SSSR count). The van der Waals surface area contributed by atoms with Gasteiger partial charge in [0.15, 0.2) is 0 Å². The van der Waals surface area contributed by atoms with Crippen LogP contribution in [-0.2, 0) is 12.7 Å². The van der Waals surface area contributed by atoms with Crippen molar-refractivity contribution in [2.24, 2.45) is 0 Å². The van der Waals surface area contributed by atoms with Crippen molar-refractivity contribution in [3.05, 3.63) is 95.3 Å². The van der Waals surface area contributed by atoms with Crippen LogP contribution in [-0.4, -0.2) is 10.9 Å². The van der Waals surface area contributed by atoms with Crippen molar-refractivity contribution < 1.29 is 18.0 Å². The van der Waals surface area contributed by atoms with E-state index in [0.29, 0.717) is 16.8 Å². The minimum atomic E-state index is -4.42. The summed E-state index contributed by atoms with van der Waals surface area (Å²) in [5.74, 6) is -0.293. The molecule has 0 bridgehead atoms. The molecule has 2 aromatic carbocycles. The van der Waals surface area contributed by atoms with Crippen LogP contribution in [0.25, 0.3) is 0 Å². The number of carbonyl (C=O) groups excluding carboxylic acids is 1. The fourth-order valence-electron chi connectivity index (χ4n) is 2.74. The molecule has 0 radical (unpaired) electrons. The Labute approximate surface area is 155 Å². The van der Waals surface area contributed by atoms with Crippen LogP contribution in [0.15, 0.2) is 73.1 Å². The summed E-state index contributed by atoms with van der Waals surface area (Å²) in [5, 5.41) is 0. The summed E-state index contributed by atoms with van der Waals surface area (Å²) in [4.78, 5) is 18.6. The van der Waals surface area contributed by atoms with Crippen LogP contribution in [0, 0.1) is 6.92 Å². The van der Waals surface area contributed by atoms with E-state index in [1.165, 1.54) is 23.2 Å². The average molecular weight is 370 g/mol.